The lowest BCUT2D eigenvalue weighted by Crippen LogP contribution is -2.37. The van der Waals surface area contributed by atoms with Crippen molar-refractivity contribution in [2.75, 3.05) is 40.1 Å². The van der Waals surface area contributed by atoms with E-state index in [0.29, 0.717) is 33.0 Å². The van der Waals surface area contributed by atoms with Crippen molar-refractivity contribution in [3.8, 4) is 0 Å². The van der Waals surface area contributed by atoms with E-state index in [1.54, 1.807) is 7.11 Å². The third-order valence-corrected chi connectivity index (χ3v) is 4.44. The number of nitrogens with one attached hydrogen (secondary N) is 1. The summed E-state index contributed by atoms with van der Waals surface area (Å²) < 4.78 is 18.1. The maximum Gasteiger partial charge on any atom is 0.223 e. The van der Waals surface area contributed by atoms with Gasteiger partial charge in [0.2, 0.25) is 5.91 Å². The number of nitrogens with zero attached hydrogens (tertiary/aromatic N) is 2. The molecule has 3 heterocycles. The van der Waals surface area contributed by atoms with Gasteiger partial charge >= 0.3 is 0 Å². The number of hydrogen-bond donors (Lipinski definition) is 1. The quantitative estimate of drug-likeness (QED) is 0.833. The molecule has 1 unspecified atom stereocenters. The predicted molar refractivity (Wildman–Crippen MR) is 83.1 cm³/mol. The highest BCUT2D eigenvalue weighted by atomic mass is 16.5. The lowest BCUT2D eigenvalue weighted by molar-refractivity contribution is -0.128. The molecule has 23 heavy (non-hydrogen) atoms. The van der Waals surface area contributed by atoms with E-state index < -0.39 is 0 Å². The number of carbonyl (C=O) groups excluding carboxylic acids is 1. The Labute approximate surface area is 136 Å². The summed E-state index contributed by atoms with van der Waals surface area (Å²) in [4.78, 5) is 12.2. The topological polar surface area (TPSA) is 74.6 Å². The number of aromatic nitrogens is 2. The van der Waals surface area contributed by atoms with Crippen LogP contribution < -0.4 is 5.32 Å². The standard InChI is InChI=1S/C16H25N3O4/c1-21-9-5-19-11-13-4-8-23-14(15(13)18-19)10-17-16(20)12-2-6-22-7-3-12/h11-12,14H,2-10H2,1H3,(H,17,20). The summed E-state index contributed by atoms with van der Waals surface area (Å²) in [7, 11) is 1.68. The lowest BCUT2D eigenvalue weighted by atomic mass is 9.99. The van der Waals surface area contributed by atoms with Crippen LogP contribution in [0.2, 0.25) is 0 Å². The molecule has 2 aliphatic heterocycles. The fraction of sp³-hybridized carbons (Fsp3) is 0.750. The lowest BCUT2D eigenvalue weighted by Gasteiger charge is -2.25. The minimum absolute atomic E-state index is 0.0612. The van der Waals surface area contributed by atoms with Gasteiger partial charge in [0.05, 0.1) is 25.5 Å². The van der Waals surface area contributed by atoms with Crippen molar-refractivity contribution < 1.29 is 19.0 Å². The Bertz CT molecular complexity index is 525. The van der Waals surface area contributed by atoms with Gasteiger partial charge in [0.15, 0.2) is 0 Å². The van der Waals surface area contributed by atoms with Gasteiger partial charge in [-0.25, -0.2) is 0 Å². The van der Waals surface area contributed by atoms with Crippen LogP contribution in [0, 0.1) is 5.92 Å². The molecule has 128 valence electrons. The van der Waals surface area contributed by atoms with Crippen LogP contribution in [0.1, 0.15) is 30.2 Å². The molecule has 1 saturated heterocycles. The van der Waals surface area contributed by atoms with Crippen LogP contribution >= 0.6 is 0 Å². The summed E-state index contributed by atoms with van der Waals surface area (Å²) in [5.41, 5.74) is 2.15. The molecule has 0 saturated carbocycles. The molecule has 1 aromatic rings. The Morgan fingerprint density at radius 1 is 1.43 bits per heavy atom. The number of methoxy groups -OCH3 is 1. The van der Waals surface area contributed by atoms with Crippen molar-refractivity contribution in [2.45, 2.75) is 31.9 Å². The largest absolute Gasteiger partial charge is 0.383 e. The minimum atomic E-state index is -0.161. The number of hydrogen-bond acceptors (Lipinski definition) is 5. The highest BCUT2D eigenvalue weighted by Crippen LogP contribution is 2.25. The molecular formula is C16H25N3O4. The van der Waals surface area contributed by atoms with Crippen LogP contribution in [0.15, 0.2) is 6.20 Å². The summed E-state index contributed by atoms with van der Waals surface area (Å²) in [5.74, 6) is 0.161. The first kappa shape index (κ1) is 16.4. The second-order valence-corrected chi connectivity index (χ2v) is 6.04. The van der Waals surface area contributed by atoms with Gasteiger partial charge in [-0.3, -0.25) is 9.48 Å². The highest BCUT2D eigenvalue weighted by Gasteiger charge is 2.27. The van der Waals surface area contributed by atoms with Crippen molar-refractivity contribution in [1.82, 2.24) is 15.1 Å². The molecule has 3 rings (SSSR count). The molecule has 0 aliphatic carbocycles. The zero-order valence-corrected chi connectivity index (χ0v) is 13.6. The molecule has 1 aromatic heterocycles. The van der Waals surface area contributed by atoms with Crippen molar-refractivity contribution >= 4 is 5.91 Å². The SMILES string of the molecule is COCCn1cc2c(n1)C(CNC(=O)C1CCOCC1)OCC2. The van der Waals surface area contributed by atoms with Gasteiger partial charge in [0.25, 0.3) is 0 Å². The maximum atomic E-state index is 12.2. The van der Waals surface area contributed by atoms with E-state index in [4.69, 9.17) is 14.2 Å². The first-order valence-electron chi connectivity index (χ1n) is 8.30. The van der Waals surface area contributed by atoms with Crippen LogP contribution in [0.3, 0.4) is 0 Å². The highest BCUT2D eigenvalue weighted by molar-refractivity contribution is 5.78. The number of carbonyl (C=O) groups is 1. The Morgan fingerprint density at radius 3 is 3.04 bits per heavy atom. The van der Waals surface area contributed by atoms with Gasteiger partial charge in [-0.15, -0.1) is 0 Å². The van der Waals surface area contributed by atoms with Crippen LogP contribution in [0.5, 0.6) is 0 Å². The van der Waals surface area contributed by atoms with Gasteiger partial charge in [0, 0.05) is 39.0 Å². The molecule has 7 heteroatoms. The molecule has 1 amide bonds. The molecular weight excluding hydrogens is 298 g/mol. The van der Waals surface area contributed by atoms with E-state index >= 15 is 0 Å². The van der Waals surface area contributed by atoms with Crippen LogP contribution in [-0.4, -0.2) is 55.8 Å². The molecule has 1 atom stereocenters. The number of fused-ring (bicyclic) bond motifs is 1. The smallest absolute Gasteiger partial charge is 0.223 e. The van der Waals surface area contributed by atoms with Gasteiger partial charge in [0.1, 0.15) is 6.10 Å². The normalized spacial score (nSPS) is 21.9. The molecule has 2 aliphatic rings. The zero-order valence-electron chi connectivity index (χ0n) is 13.6. The van der Waals surface area contributed by atoms with Gasteiger partial charge in [-0.05, 0) is 24.8 Å². The van der Waals surface area contributed by atoms with Crippen LogP contribution in [0.25, 0.3) is 0 Å². The van der Waals surface area contributed by atoms with Gasteiger partial charge in [-0.1, -0.05) is 0 Å². The summed E-state index contributed by atoms with van der Waals surface area (Å²) >= 11 is 0. The van der Waals surface area contributed by atoms with Crippen molar-refractivity contribution in [2.24, 2.45) is 5.92 Å². The fourth-order valence-corrected chi connectivity index (χ4v) is 3.08. The van der Waals surface area contributed by atoms with Crippen LogP contribution in [-0.2, 0) is 32.0 Å². The second-order valence-electron chi connectivity index (χ2n) is 6.04. The average Bonchev–Trinajstić information content (AvgIpc) is 3.02. The van der Waals surface area contributed by atoms with Crippen molar-refractivity contribution in [3.05, 3.63) is 17.5 Å². The molecule has 0 spiro atoms. The summed E-state index contributed by atoms with van der Waals surface area (Å²) in [6.07, 6.45) is 4.37. The molecule has 0 bridgehead atoms. The molecule has 1 N–H and O–H groups in total. The Morgan fingerprint density at radius 2 is 2.26 bits per heavy atom. The number of rotatable bonds is 6. The zero-order chi connectivity index (χ0) is 16.1. The third-order valence-electron chi connectivity index (χ3n) is 4.44. The summed E-state index contributed by atoms with van der Waals surface area (Å²) in [6, 6.07) is 0. The van der Waals surface area contributed by atoms with E-state index in [0.717, 1.165) is 31.5 Å². The summed E-state index contributed by atoms with van der Waals surface area (Å²) in [6.45, 7) is 3.85. The minimum Gasteiger partial charge on any atom is -0.383 e. The molecule has 7 nitrogen and oxygen atoms in total. The van der Waals surface area contributed by atoms with Gasteiger partial charge < -0.3 is 19.5 Å². The third kappa shape index (κ3) is 4.10. The van der Waals surface area contributed by atoms with E-state index in [1.165, 1.54) is 5.56 Å². The average molecular weight is 323 g/mol. The van der Waals surface area contributed by atoms with E-state index in [-0.39, 0.29) is 17.9 Å². The van der Waals surface area contributed by atoms with Crippen molar-refractivity contribution in [1.29, 1.82) is 0 Å². The van der Waals surface area contributed by atoms with E-state index in [2.05, 4.69) is 16.6 Å². The Hall–Kier alpha value is -1.44. The van der Waals surface area contributed by atoms with E-state index in [1.807, 2.05) is 4.68 Å². The first-order valence-corrected chi connectivity index (χ1v) is 8.30. The number of amides is 1. The van der Waals surface area contributed by atoms with Crippen molar-refractivity contribution in [3.63, 3.8) is 0 Å². The fourth-order valence-electron chi connectivity index (χ4n) is 3.08. The maximum absolute atomic E-state index is 12.2. The Balaban J connectivity index is 1.57. The molecule has 1 fully saturated rings. The monoisotopic (exact) mass is 323 g/mol. The first-order chi connectivity index (χ1) is 11.3. The van der Waals surface area contributed by atoms with Crippen LogP contribution in [0.4, 0.5) is 0 Å². The molecule has 0 aromatic carbocycles. The number of ether oxygens (including phenoxy) is 3. The second kappa shape index (κ2) is 7.90. The molecule has 0 radical (unpaired) electrons. The van der Waals surface area contributed by atoms with Gasteiger partial charge in [-0.2, -0.15) is 5.10 Å². The predicted octanol–water partition coefficient (Wildman–Crippen LogP) is 0.686. The summed E-state index contributed by atoms with van der Waals surface area (Å²) in [5, 5.41) is 7.62. The van der Waals surface area contributed by atoms with E-state index in [9.17, 15) is 4.79 Å². The Kier molecular flexibility index (Phi) is 5.64.